The molecule has 0 saturated heterocycles. The molecule has 0 amide bonds. The van der Waals surface area contributed by atoms with Gasteiger partial charge >= 0.3 is 0 Å². The molecule has 0 spiro atoms. The lowest BCUT2D eigenvalue weighted by molar-refractivity contribution is -0.0912. The maximum absolute atomic E-state index is 10.4. The highest BCUT2D eigenvalue weighted by Gasteiger charge is 2.45. The summed E-state index contributed by atoms with van der Waals surface area (Å²) >= 11 is 0. The van der Waals surface area contributed by atoms with Gasteiger partial charge in [-0.25, -0.2) is 0 Å². The Morgan fingerprint density at radius 1 is 0.875 bits per heavy atom. The number of aliphatic hydroxyl groups is 1. The van der Waals surface area contributed by atoms with Crippen LogP contribution in [0.15, 0.2) is 60.7 Å². The van der Waals surface area contributed by atoms with E-state index < -0.39 is 6.10 Å². The Hall–Kier alpha value is -1.76. The van der Waals surface area contributed by atoms with E-state index in [-0.39, 0.29) is 24.4 Å². The van der Waals surface area contributed by atoms with Crippen molar-refractivity contribution in [1.29, 1.82) is 0 Å². The Morgan fingerprint density at radius 2 is 1.47 bits per heavy atom. The number of ether oxygens (including phenoxy) is 3. The maximum Gasteiger partial charge on any atom is 0.102 e. The van der Waals surface area contributed by atoms with Crippen LogP contribution in [0.4, 0.5) is 0 Å². The van der Waals surface area contributed by atoms with Gasteiger partial charge in [-0.05, 0) is 24.6 Å². The Kier molecular flexibility index (Phi) is 10.7. The molecule has 5 atom stereocenters. The summed E-state index contributed by atoms with van der Waals surface area (Å²) in [5.74, 6) is 0. The van der Waals surface area contributed by atoms with Crippen LogP contribution in [0.5, 0.6) is 0 Å². The zero-order valence-corrected chi connectivity index (χ0v) is 19.5. The third-order valence-electron chi connectivity index (χ3n) is 6.15. The monoisotopic (exact) mass is 441 g/mol. The second-order valence-electron chi connectivity index (χ2n) is 8.67. The number of nitrogens with one attached hydrogen (secondary N) is 1. The molecule has 0 heterocycles. The van der Waals surface area contributed by atoms with Crippen molar-refractivity contribution in [3.05, 3.63) is 71.8 Å². The number of unbranched alkanes of at least 4 members (excludes halogenated alkanes) is 2. The molecule has 0 aromatic heterocycles. The highest BCUT2D eigenvalue weighted by atomic mass is 16.6. The first-order valence-electron chi connectivity index (χ1n) is 12.0. The first kappa shape index (κ1) is 24.9. The minimum Gasteiger partial charge on any atom is -0.391 e. The summed E-state index contributed by atoms with van der Waals surface area (Å²) in [6, 6.07) is 20.4. The summed E-state index contributed by atoms with van der Waals surface area (Å²) < 4.78 is 18.9. The van der Waals surface area contributed by atoms with E-state index in [1.165, 1.54) is 0 Å². The van der Waals surface area contributed by atoms with Crippen LogP contribution >= 0.6 is 0 Å². The number of rotatable bonds is 14. The normalized spacial score (nSPS) is 24.0. The summed E-state index contributed by atoms with van der Waals surface area (Å²) in [5, 5.41) is 13.8. The van der Waals surface area contributed by atoms with Gasteiger partial charge in [-0.2, -0.15) is 0 Å². The van der Waals surface area contributed by atoms with Crippen LogP contribution in [-0.2, 0) is 27.4 Å². The molecule has 5 heteroatoms. The van der Waals surface area contributed by atoms with Crippen LogP contribution in [0.1, 0.15) is 50.2 Å². The molecule has 3 rings (SSSR count). The molecule has 2 aromatic rings. The van der Waals surface area contributed by atoms with Crippen molar-refractivity contribution >= 4 is 0 Å². The molecule has 1 aliphatic carbocycles. The van der Waals surface area contributed by atoms with Gasteiger partial charge in [-0.1, -0.05) is 86.8 Å². The summed E-state index contributed by atoms with van der Waals surface area (Å²) in [5.41, 5.74) is 2.29. The first-order chi connectivity index (χ1) is 15.7. The molecule has 176 valence electrons. The zero-order chi connectivity index (χ0) is 22.6. The first-order valence-corrected chi connectivity index (χ1v) is 12.0. The second-order valence-corrected chi connectivity index (χ2v) is 8.67. The molecule has 0 aliphatic heterocycles. The lowest BCUT2D eigenvalue weighted by Gasteiger charge is -2.27. The van der Waals surface area contributed by atoms with E-state index in [1.54, 1.807) is 0 Å². The van der Waals surface area contributed by atoms with Crippen molar-refractivity contribution in [1.82, 2.24) is 5.32 Å². The zero-order valence-electron chi connectivity index (χ0n) is 19.5. The minimum atomic E-state index is -0.446. The fourth-order valence-electron chi connectivity index (χ4n) is 4.34. The molecular formula is C27H39NO4. The predicted octanol–water partition coefficient (Wildman–Crippen LogP) is 4.48. The summed E-state index contributed by atoms with van der Waals surface area (Å²) in [6.45, 7) is 3.58. The summed E-state index contributed by atoms with van der Waals surface area (Å²) in [7, 11) is 1.94. The van der Waals surface area contributed by atoms with E-state index in [2.05, 4.69) is 36.5 Å². The smallest absolute Gasteiger partial charge is 0.102 e. The Bertz CT molecular complexity index is 742. The van der Waals surface area contributed by atoms with Crippen LogP contribution < -0.4 is 5.32 Å². The quantitative estimate of drug-likeness (QED) is 0.424. The van der Waals surface area contributed by atoms with Gasteiger partial charge in [0.1, 0.15) is 6.10 Å². The van der Waals surface area contributed by atoms with Crippen molar-refractivity contribution in [2.45, 2.75) is 82.7 Å². The molecule has 2 N–H and O–H groups in total. The lowest BCUT2D eigenvalue weighted by atomic mass is 10.1. The van der Waals surface area contributed by atoms with Crippen molar-refractivity contribution in [2.24, 2.45) is 0 Å². The number of aliphatic hydroxyl groups excluding tert-OH is 1. The number of likely N-dealkylation sites (N-methyl/N-ethyl adjacent to an activating group) is 1. The Labute approximate surface area is 193 Å². The standard InChI is InChI=1S/C27H39NO4/c1-3-4-7-16-23(29)20-32-27-25(31-19-22-14-10-6-11-15-22)17-24(26(27)28-2)30-18-21-12-8-5-9-13-21/h5-6,8-15,23-29H,3-4,7,16-20H2,1-2H3. The molecule has 0 radical (unpaired) electrons. The molecule has 0 bridgehead atoms. The van der Waals surface area contributed by atoms with Gasteiger partial charge in [0, 0.05) is 6.42 Å². The van der Waals surface area contributed by atoms with E-state index in [0.29, 0.717) is 19.8 Å². The minimum absolute atomic E-state index is 0.00216. The number of benzene rings is 2. The summed E-state index contributed by atoms with van der Waals surface area (Å²) in [6.07, 6.45) is 4.09. The summed E-state index contributed by atoms with van der Waals surface area (Å²) in [4.78, 5) is 0. The fourth-order valence-corrected chi connectivity index (χ4v) is 4.34. The Morgan fingerprint density at radius 3 is 2.03 bits per heavy atom. The highest BCUT2D eigenvalue weighted by Crippen LogP contribution is 2.30. The van der Waals surface area contributed by atoms with E-state index in [1.807, 2.05) is 43.4 Å². The van der Waals surface area contributed by atoms with Crippen molar-refractivity contribution < 1.29 is 19.3 Å². The SMILES string of the molecule is CCCCCC(O)COC1C(OCc2ccccc2)CC(OCc2ccccc2)C1NC. The predicted molar refractivity (Wildman–Crippen MR) is 127 cm³/mol. The van der Waals surface area contributed by atoms with Crippen LogP contribution in [0.3, 0.4) is 0 Å². The van der Waals surface area contributed by atoms with Crippen molar-refractivity contribution in [3.63, 3.8) is 0 Å². The molecule has 32 heavy (non-hydrogen) atoms. The van der Waals surface area contributed by atoms with E-state index in [0.717, 1.165) is 43.2 Å². The van der Waals surface area contributed by atoms with Gasteiger partial charge in [0.15, 0.2) is 0 Å². The third kappa shape index (κ3) is 7.68. The molecular weight excluding hydrogens is 402 g/mol. The van der Waals surface area contributed by atoms with Gasteiger partial charge in [-0.15, -0.1) is 0 Å². The average molecular weight is 442 g/mol. The van der Waals surface area contributed by atoms with Gasteiger partial charge in [0.05, 0.1) is 44.2 Å². The Balaban J connectivity index is 1.61. The van der Waals surface area contributed by atoms with Crippen molar-refractivity contribution in [3.8, 4) is 0 Å². The van der Waals surface area contributed by atoms with Crippen LogP contribution in [0.25, 0.3) is 0 Å². The molecule has 5 nitrogen and oxygen atoms in total. The van der Waals surface area contributed by atoms with E-state index in [9.17, 15) is 5.11 Å². The molecule has 5 unspecified atom stereocenters. The topological polar surface area (TPSA) is 60.0 Å². The number of hydrogen-bond acceptors (Lipinski definition) is 5. The molecule has 1 fully saturated rings. The van der Waals surface area contributed by atoms with Crippen molar-refractivity contribution in [2.75, 3.05) is 13.7 Å². The molecule has 1 saturated carbocycles. The van der Waals surface area contributed by atoms with E-state index >= 15 is 0 Å². The van der Waals surface area contributed by atoms with Gasteiger partial charge < -0.3 is 24.6 Å². The lowest BCUT2D eigenvalue weighted by Crippen LogP contribution is -2.46. The van der Waals surface area contributed by atoms with Gasteiger partial charge in [0.2, 0.25) is 0 Å². The largest absolute Gasteiger partial charge is 0.391 e. The molecule has 1 aliphatic rings. The second kappa shape index (κ2) is 13.7. The van der Waals surface area contributed by atoms with Crippen LogP contribution in [0, 0.1) is 0 Å². The molecule has 2 aromatic carbocycles. The average Bonchev–Trinajstić information content (AvgIpc) is 3.18. The van der Waals surface area contributed by atoms with Gasteiger partial charge in [0.25, 0.3) is 0 Å². The number of hydrogen-bond donors (Lipinski definition) is 2. The van der Waals surface area contributed by atoms with E-state index in [4.69, 9.17) is 14.2 Å². The maximum atomic E-state index is 10.4. The fraction of sp³-hybridized carbons (Fsp3) is 0.556. The highest BCUT2D eigenvalue weighted by molar-refractivity contribution is 5.14. The van der Waals surface area contributed by atoms with Crippen LogP contribution in [0.2, 0.25) is 0 Å². The van der Waals surface area contributed by atoms with Crippen LogP contribution in [-0.4, -0.2) is 49.2 Å². The van der Waals surface area contributed by atoms with Gasteiger partial charge in [-0.3, -0.25) is 0 Å². The third-order valence-corrected chi connectivity index (χ3v) is 6.15.